The van der Waals surface area contributed by atoms with Crippen LogP contribution < -0.4 is 5.73 Å². The van der Waals surface area contributed by atoms with Gasteiger partial charge in [0.2, 0.25) is 0 Å². The zero-order valence-corrected chi connectivity index (χ0v) is 11.6. The predicted molar refractivity (Wildman–Crippen MR) is 76.6 cm³/mol. The normalized spacial score (nSPS) is 20.0. The third-order valence-electron chi connectivity index (χ3n) is 4.20. The van der Waals surface area contributed by atoms with Gasteiger partial charge in [-0.1, -0.05) is 0 Å². The summed E-state index contributed by atoms with van der Waals surface area (Å²) in [5.74, 6) is 2.02. The molecule has 1 saturated heterocycles. The summed E-state index contributed by atoms with van der Waals surface area (Å²) in [6.45, 7) is 1.62. The van der Waals surface area contributed by atoms with E-state index in [1.54, 1.807) is 0 Å². The average Bonchev–Trinajstić information content (AvgIpc) is 2.99. The number of hydrogen-bond donors (Lipinski definition) is 1. The third kappa shape index (κ3) is 1.83. The quantitative estimate of drug-likeness (QED) is 0.869. The van der Waals surface area contributed by atoms with Gasteiger partial charge in [0.15, 0.2) is 0 Å². The molecule has 4 rings (SSSR count). The third-order valence-corrected chi connectivity index (χ3v) is 5.38. The van der Waals surface area contributed by atoms with Crippen molar-refractivity contribution in [2.24, 2.45) is 0 Å². The van der Waals surface area contributed by atoms with Gasteiger partial charge >= 0.3 is 0 Å². The number of rotatable bonds is 1. The van der Waals surface area contributed by atoms with Crippen LogP contribution in [-0.2, 0) is 17.6 Å². The van der Waals surface area contributed by atoms with Gasteiger partial charge in [-0.15, -0.1) is 11.3 Å². The van der Waals surface area contributed by atoms with Crippen molar-refractivity contribution in [1.29, 1.82) is 0 Å². The van der Waals surface area contributed by atoms with Crippen LogP contribution >= 0.6 is 11.3 Å². The molecule has 19 heavy (non-hydrogen) atoms. The maximum absolute atomic E-state index is 6.21. The van der Waals surface area contributed by atoms with Crippen LogP contribution in [0.15, 0.2) is 0 Å². The van der Waals surface area contributed by atoms with Crippen molar-refractivity contribution >= 4 is 27.4 Å². The van der Waals surface area contributed by atoms with E-state index in [9.17, 15) is 0 Å². The van der Waals surface area contributed by atoms with Crippen LogP contribution in [0.1, 0.15) is 41.4 Å². The fraction of sp³-hybridized carbons (Fsp3) is 0.571. The molecule has 0 atom stereocenters. The van der Waals surface area contributed by atoms with E-state index in [0.29, 0.717) is 11.7 Å². The molecule has 2 aromatic heterocycles. The molecule has 4 nitrogen and oxygen atoms in total. The van der Waals surface area contributed by atoms with Gasteiger partial charge in [0.25, 0.3) is 0 Å². The topological polar surface area (TPSA) is 61.0 Å². The molecule has 1 aliphatic carbocycles. The molecule has 0 aromatic carbocycles. The van der Waals surface area contributed by atoms with Crippen molar-refractivity contribution in [3.63, 3.8) is 0 Å². The Bertz CT molecular complexity index is 631. The summed E-state index contributed by atoms with van der Waals surface area (Å²) < 4.78 is 5.40. The molecule has 0 bridgehead atoms. The second-order valence-corrected chi connectivity index (χ2v) is 6.47. The lowest BCUT2D eigenvalue weighted by Gasteiger charge is -2.20. The van der Waals surface area contributed by atoms with Gasteiger partial charge in [0.05, 0.1) is 5.39 Å². The minimum absolute atomic E-state index is 0.414. The van der Waals surface area contributed by atoms with Crippen molar-refractivity contribution in [2.45, 2.75) is 38.0 Å². The number of fused-ring (bicyclic) bond motifs is 3. The number of ether oxygens (including phenoxy) is 1. The highest BCUT2D eigenvalue weighted by molar-refractivity contribution is 7.19. The number of nitrogens with zero attached hydrogens (tertiary/aromatic N) is 2. The molecule has 0 amide bonds. The van der Waals surface area contributed by atoms with E-state index >= 15 is 0 Å². The van der Waals surface area contributed by atoms with Crippen LogP contribution in [0.25, 0.3) is 10.2 Å². The lowest BCUT2D eigenvalue weighted by atomic mass is 9.99. The molecule has 0 radical (unpaired) electrons. The van der Waals surface area contributed by atoms with E-state index in [1.165, 1.54) is 23.3 Å². The Kier molecular flexibility index (Phi) is 2.70. The number of anilines is 1. The average molecular weight is 275 g/mol. The number of nitrogen functional groups attached to an aromatic ring is 1. The van der Waals surface area contributed by atoms with Gasteiger partial charge in [-0.05, 0) is 37.7 Å². The Morgan fingerprint density at radius 2 is 2.00 bits per heavy atom. The van der Waals surface area contributed by atoms with Crippen molar-refractivity contribution in [3.8, 4) is 0 Å². The molecule has 100 valence electrons. The first-order chi connectivity index (χ1) is 9.33. The molecule has 2 aromatic rings. The summed E-state index contributed by atoms with van der Waals surface area (Å²) >= 11 is 1.82. The van der Waals surface area contributed by atoms with E-state index < -0.39 is 0 Å². The van der Waals surface area contributed by atoms with Gasteiger partial charge < -0.3 is 10.5 Å². The maximum atomic E-state index is 6.21. The highest BCUT2D eigenvalue weighted by Crippen LogP contribution is 2.39. The largest absolute Gasteiger partial charge is 0.383 e. The molecule has 1 aliphatic heterocycles. The first-order valence-electron chi connectivity index (χ1n) is 6.98. The Labute approximate surface area is 116 Å². The van der Waals surface area contributed by atoms with Crippen molar-refractivity contribution < 1.29 is 4.74 Å². The number of nitrogens with two attached hydrogens (primary N) is 1. The minimum atomic E-state index is 0.414. The van der Waals surface area contributed by atoms with Crippen LogP contribution in [0.4, 0.5) is 5.82 Å². The van der Waals surface area contributed by atoms with E-state index in [-0.39, 0.29) is 0 Å². The summed E-state index contributed by atoms with van der Waals surface area (Å²) in [5, 5.41) is 1.13. The molecule has 5 heteroatoms. The highest BCUT2D eigenvalue weighted by atomic mass is 32.1. The van der Waals surface area contributed by atoms with Gasteiger partial charge in [0, 0.05) is 24.0 Å². The Balaban J connectivity index is 1.82. The van der Waals surface area contributed by atoms with E-state index in [2.05, 4.69) is 4.98 Å². The predicted octanol–water partition coefficient (Wildman–Crippen LogP) is 2.66. The van der Waals surface area contributed by atoms with Crippen LogP contribution in [0.3, 0.4) is 0 Å². The fourth-order valence-electron chi connectivity index (χ4n) is 3.18. The van der Waals surface area contributed by atoms with Gasteiger partial charge in [-0.25, -0.2) is 9.97 Å². The van der Waals surface area contributed by atoms with Crippen LogP contribution in [-0.4, -0.2) is 23.2 Å². The molecule has 3 heterocycles. The van der Waals surface area contributed by atoms with Gasteiger partial charge in [0.1, 0.15) is 16.5 Å². The summed E-state index contributed by atoms with van der Waals surface area (Å²) in [6.07, 6.45) is 5.59. The van der Waals surface area contributed by atoms with Crippen LogP contribution in [0, 0.1) is 0 Å². The lowest BCUT2D eigenvalue weighted by molar-refractivity contribution is 0.0837. The van der Waals surface area contributed by atoms with E-state index in [4.69, 9.17) is 15.5 Å². The summed E-state index contributed by atoms with van der Waals surface area (Å²) in [7, 11) is 0. The molecule has 0 unspecified atom stereocenters. The second-order valence-electron chi connectivity index (χ2n) is 5.39. The SMILES string of the molecule is Nc1nc(C2CCOCC2)nc2sc3c(c12)CCC3. The van der Waals surface area contributed by atoms with E-state index in [0.717, 1.165) is 48.5 Å². The van der Waals surface area contributed by atoms with Crippen molar-refractivity contribution in [1.82, 2.24) is 9.97 Å². The lowest BCUT2D eigenvalue weighted by Crippen LogP contribution is -2.16. The number of hydrogen-bond acceptors (Lipinski definition) is 5. The number of aromatic nitrogens is 2. The molecule has 0 spiro atoms. The maximum Gasteiger partial charge on any atom is 0.136 e. The monoisotopic (exact) mass is 275 g/mol. The van der Waals surface area contributed by atoms with Crippen LogP contribution in [0.2, 0.25) is 0 Å². The zero-order valence-electron chi connectivity index (χ0n) is 10.8. The smallest absolute Gasteiger partial charge is 0.136 e. The molecule has 1 fully saturated rings. The summed E-state index contributed by atoms with van der Waals surface area (Å²) in [6, 6.07) is 0. The zero-order chi connectivity index (χ0) is 12.8. The van der Waals surface area contributed by atoms with Gasteiger partial charge in [-0.2, -0.15) is 0 Å². The number of aryl methyl sites for hydroxylation is 2. The molecule has 2 aliphatic rings. The second kappa shape index (κ2) is 4.42. The van der Waals surface area contributed by atoms with Gasteiger partial charge in [-0.3, -0.25) is 0 Å². The standard InChI is InChI=1S/C14H17N3OS/c15-12-11-9-2-1-3-10(9)19-14(11)17-13(16-12)8-4-6-18-7-5-8/h8H,1-7H2,(H2,15,16,17). The Hall–Kier alpha value is -1.20. The Morgan fingerprint density at radius 3 is 2.84 bits per heavy atom. The first-order valence-corrected chi connectivity index (χ1v) is 7.80. The van der Waals surface area contributed by atoms with Crippen molar-refractivity contribution in [3.05, 3.63) is 16.3 Å². The molecular weight excluding hydrogens is 258 g/mol. The molecule has 0 saturated carbocycles. The van der Waals surface area contributed by atoms with Crippen molar-refractivity contribution in [2.75, 3.05) is 18.9 Å². The minimum Gasteiger partial charge on any atom is -0.383 e. The van der Waals surface area contributed by atoms with E-state index in [1.807, 2.05) is 11.3 Å². The highest BCUT2D eigenvalue weighted by Gasteiger charge is 2.24. The van der Waals surface area contributed by atoms with Crippen LogP contribution in [0.5, 0.6) is 0 Å². The molecular formula is C14H17N3OS. The summed E-state index contributed by atoms with van der Waals surface area (Å²) in [5.41, 5.74) is 7.62. The Morgan fingerprint density at radius 1 is 1.16 bits per heavy atom. The first kappa shape index (κ1) is 11.6. The molecule has 2 N–H and O–H groups in total. The number of thiophene rings is 1. The fourth-order valence-corrected chi connectivity index (χ4v) is 4.46. The summed E-state index contributed by atoms with van der Waals surface area (Å²) in [4.78, 5) is 12.0.